The second-order valence-electron chi connectivity index (χ2n) is 5.14. The smallest absolute Gasteiger partial charge is 0.138 e. The summed E-state index contributed by atoms with van der Waals surface area (Å²) in [7, 11) is 1.90. The second-order valence-corrected chi connectivity index (χ2v) is 5.54. The Bertz CT molecular complexity index is 593. The van der Waals surface area contributed by atoms with Crippen LogP contribution in [0.1, 0.15) is 23.9 Å². The van der Waals surface area contributed by atoms with Crippen LogP contribution in [0.4, 0.5) is 0 Å². The third-order valence-electron chi connectivity index (χ3n) is 3.03. The first kappa shape index (κ1) is 14.9. The van der Waals surface area contributed by atoms with Gasteiger partial charge in [-0.25, -0.2) is 0 Å². The van der Waals surface area contributed by atoms with Gasteiger partial charge in [-0.1, -0.05) is 17.7 Å². The minimum atomic E-state index is 0.121. The molecule has 108 valence electrons. The maximum absolute atomic E-state index is 6.24. The first-order valence-corrected chi connectivity index (χ1v) is 7.00. The third-order valence-corrected chi connectivity index (χ3v) is 3.32. The number of aromatic nitrogens is 2. The molecule has 0 fully saturated rings. The highest BCUT2D eigenvalue weighted by atomic mass is 35.5. The predicted molar refractivity (Wildman–Crippen MR) is 81.1 cm³/mol. The molecular weight excluding hydrogens is 274 g/mol. The molecule has 2 N–H and O–H groups in total. The van der Waals surface area contributed by atoms with Crippen molar-refractivity contribution in [2.75, 3.05) is 0 Å². The minimum Gasteiger partial charge on any atom is -0.486 e. The van der Waals surface area contributed by atoms with Crippen molar-refractivity contribution in [2.24, 2.45) is 12.8 Å². The van der Waals surface area contributed by atoms with Crippen LogP contribution in [-0.2, 0) is 20.1 Å². The number of aryl methyl sites for hydroxylation is 2. The molecule has 0 saturated carbocycles. The Hall–Kier alpha value is -1.52. The van der Waals surface area contributed by atoms with Crippen LogP contribution in [0.5, 0.6) is 5.75 Å². The van der Waals surface area contributed by atoms with Gasteiger partial charge in [-0.3, -0.25) is 4.68 Å². The van der Waals surface area contributed by atoms with Crippen molar-refractivity contribution in [3.05, 3.63) is 46.2 Å². The average Bonchev–Trinajstić information content (AvgIpc) is 2.66. The van der Waals surface area contributed by atoms with Gasteiger partial charge >= 0.3 is 0 Å². The highest BCUT2D eigenvalue weighted by molar-refractivity contribution is 6.32. The fraction of sp³-hybridized carbons (Fsp3) is 0.400. The number of rotatable bonds is 5. The molecule has 1 aromatic carbocycles. The summed E-state index contributed by atoms with van der Waals surface area (Å²) in [6.45, 7) is 4.38. The Morgan fingerprint density at radius 2 is 2.15 bits per heavy atom. The van der Waals surface area contributed by atoms with E-state index >= 15 is 0 Å². The standard InChI is InChI=1S/C15H20ClN3O/c1-10(17)6-12-4-5-15(14(16)8-12)20-9-13-7-11(2)18-19(13)3/h4-5,7-8,10H,6,9,17H2,1-3H3. The molecule has 20 heavy (non-hydrogen) atoms. The first-order valence-electron chi connectivity index (χ1n) is 6.62. The molecule has 0 saturated heterocycles. The van der Waals surface area contributed by atoms with Gasteiger partial charge < -0.3 is 10.5 Å². The number of nitrogens with two attached hydrogens (primary N) is 1. The fourth-order valence-corrected chi connectivity index (χ4v) is 2.37. The summed E-state index contributed by atoms with van der Waals surface area (Å²) in [4.78, 5) is 0. The lowest BCUT2D eigenvalue weighted by Crippen LogP contribution is -2.17. The van der Waals surface area contributed by atoms with E-state index in [4.69, 9.17) is 22.1 Å². The van der Waals surface area contributed by atoms with Gasteiger partial charge in [0.25, 0.3) is 0 Å². The van der Waals surface area contributed by atoms with Crippen molar-refractivity contribution in [3.8, 4) is 5.75 Å². The molecular formula is C15H20ClN3O. The molecule has 0 radical (unpaired) electrons. The molecule has 2 rings (SSSR count). The topological polar surface area (TPSA) is 53.1 Å². The van der Waals surface area contributed by atoms with E-state index in [1.54, 1.807) is 0 Å². The Labute approximate surface area is 124 Å². The van der Waals surface area contributed by atoms with Crippen LogP contribution in [0.15, 0.2) is 24.3 Å². The van der Waals surface area contributed by atoms with Crippen molar-refractivity contribution in [1.82, 2.24) is 9.78 Å². The molecule has 0 aliphatic rings. The lowest BCUT2D eigenvalue weighted by atomic mass is 10.1. The Morgan fingerprint density at radius 1 is 1.40 bits per heavy atom. The third kappa shape index (κ3) is 3.74. The highest BCUT2D eigenvalue weighted by Crippen LogP contribution is 2.26. The minimum absolute atomic E-state index is 0.121. The quantitative estimate of drug-likeness (QED) is 0.922. The summed E-state index contributed by atoms with van der Waals surface area (Å²) in [6.07, 6.45) is 0.806. The lowest BCUT2D eigenvalue weighted by molar-refractivity contribution is 0.295. The van der Waals surface area contributed by atoms with Gasteiger partial charge in [0.1, 0.15) is 12.4 Å². The number of halogens is 1. The number of ether oxygens (including phenoxy) is 1. The molecule has 5 heteroatoms. The van der Waals surface area contributed by atoms with Crippen LogP contribution >= 0.6 is 11.6 Å². The summed E-state index contributed by atoms with van der Waals surface area (Å²) in [5.74, 6) is 0.680. The summed E-state index contributed by atoms with van der Waals surface area (Å²) < 4.78 is 7.57. The van der Waals surface area contributed by atoms with Crippen LogP contribution < -0.4 is 10.5 Å². The molecule has 1 unspecified atom stereocenters. The van der Waals surface area contributed by atoms with Crippen molar-refractivity contribution >= 4 is 11.6 Å². The van der Waals surface area contributed by atoms with Crippen LogP contribution in [0.2, 0.25) is 5.02 Å². The lowest BCUT2D eigenvalue weighted by Gasteiger charge is -2.11. The van der Waals surface area contributed by atoms with Crippen LogP contribution in [0.25, 0.3) is 0 Å². The van der Waals surface area contributed by atoms with E-state index in [2.05, 4.69) is 5.10 Å². The average molecular weight is 294 g/mol. The first-order chi connectivity index (χ1) is 9.45. The molecule has 1 aromatic heterocycles. The largest absolute Gasteiger partial charge is 0.486 e. The SMILES string of the molecule is Cc1cc(COc2ccc(CC(C)N)cc2Cl)n(C)n1. The molecule has 1 heterocycles. The predicted octanol–water partition coefficient (Wildman–Crippen LogP) is 2.85. The van der Waals surface area contributed by atoms with E-state index in [1.165, 1.54) is 0 Å². The Balaban J connectivity index is 2.04. The van der Waals surface area contributed by atoms with Gasteiger partial charge in [0, 0.05) is 13.1 Å². The number of nitrogens with zero attached hydrogens (tertiary/aromatic N) is 2. The zero-order valence-electron chi connectivity index (χ0n) is 12.1. The molecule has 0 aliphatic carbocycles. The number of benzene rings is 1. The van der Waals surface area contributed by atoms with E-state index < -0.39 is 0 Å². The zero-order chi connectivity index (χ0) is 14.7. The molecule has 1 atom stereocenters. The van der Waals surface area contributed by atoms with E-state index in [1.807, 2.05) is 49.8 Å². The van der Waals surface area contributed by atoms with Gasteiger partial charge in [0.15, 0.2) is 0 Å². The monoisotopic (exact) mass is 293 g/mol. The summed E-state index contributed by atoms with van der Waals surface area (Å²) in [6, 6.07) is 7.92. The van der Waals surface area contributed by atoms with Gasteiger partial charge in [-0.2, -0.15) is 5.10 Å². The van der Waals surface area contributed by atoms with Gasteiger partial charge in [0.05, 0.1) is 16.4 Å². The molecule has 0 amide bonds. The van der Waals surface area contributed by atoms with Crippen molar-refractivity contribution in [1.29, 1.82) is 0 Å². The number of hydrogen-bond acceptors (Lipinski definition) is 3. The summed E-state index contributed by atoms with van der Waals surface area (Å²) in [5.41, 5.74) is 8.89. The van der Waals surface area contributed by atoms with Gasteiger partial charge in [-0.05, 0) is 44.0 Å². The molecule has 0 spiro atoms. The van der Waals surface area contributed by atoms with E-state index in [0.717, 1.165) is 23.4 Å². The molecule has 0 bridgehead atoms. The van der Waals surface area contributed by atoms with Crippen molar-refractivity contribution in [3.63, 3.8) is 0 Å². The fourth-order valence-electron chi connectivity index (χ4n) is 2.11. The normalized spacial score (nSPS) is 12.4. The molecule has 2 aromatic rings. The van der Waals surface area contributed by atoms with Crippen molar-refractivity contribution < 1.29 is 4.74 Å². The van der Waals surface area contributed by atoms with Crippen LogP contribution in [0.3, 0.4) is 0 Å². The summed E-state index contributed by atoms with van der Waals surface area (Å²) >= 11 is 6.24. The van der Waals surface area contributed by atoms with E-state index in [-0.39, 0.29) is 6.04 Å². The molecule has 0 aliphatic heterocycles. The Morgan fingerprint density at radius 3 is 2.70 bits per heavy atom. The zero-order valence-corrected chi connectivity index (χ0v) is 12.8. The van der Waals surface area contributed by atoms with Gasteiger partial charge in [-0.15, -0.1) is 0 Å². The molecule has 4 nitrogen and oxygen atoms in total. The van der Waals surface area contributed by atoms with E-state index in [0.29, 0.717) is 17.4 Å². The maximum atomic E-state index is 6.24. The van der Waals surface area contributed by atoms with Crippen molar-refractivity contribution in [2.45, 2.75) is 32.9 Å². The Kier molecular flexibility index (Phi) is 4.68. The highest BCUT2D eigenvalue weighted by Gasteiger charge is 2.07. The summed E-state index contributed by atoms with van der Waals surface area (Å²) in [5, 5.41) is 4.90. The number of hydrogen-bond donors (Lipinski definition) is 1. The van der Waals surface area contributed by atoms with E-state index in [9.17, 15) is 0 Å². The van der Waals surface area contributed by atoms with Crippen LogP contribution in [-0.4, -0.2) is 15.8 Å². The maximum Gasteiger partial charge on any atom is 0.138 e. The van der Waals surface area contributed by atoms with Gasteiger partial charge in [0.2, 0.25) is 0 Å². The second kappa shape index (κ2) is 6.29. The van der Waals surface area contributed by atoms with Crippen LogP contribution in [0, 0.1) is 6.92 Å².